The van der Waals surface area contributed by atoms with E-state index in [-0.39, 0.29) is 11.6 Å². The number of hydrogen-bond donors (Lipinski definition) is 2. The van der Waals surface area contributed by atoms with E-state index < -0.39 is 4.92 Å². The second-order valence-electron chi connectivity index (χ2n) is 5.38. The number of nitro groups is 1. The van der Waals surface area contributed by atoms with Crippen molar-refractivity contribution in [2.75, 3.05) is 23.4 Å². The van der Waals surface area contributed by atoms with E-state index in [9.17, 15) is 10.1 Å². The van der Waals surface area contributed by atoms with Crippen LogP contribution in [0.5, 0.6) is 0 Å². The molecule has 1 unspecified atom stereocenters. The van der Waals surface area contributed by atoms with E-state index in [1.165, 1.54) is 25.5 Å². The first kappa shape index (κ1) is 15.4. The zero-order valence-corrected chi connectivity index (χ0v) is 12.3. The Morgan fingerprint density at radius 3 is 3.00 bits per heavy atom. The Kier molecular flexibility index (Phi) is 5.26. The van der Waals surface area contributed by atoms with Gasteiger partial charge in [-0.3, -0.25) is 15.5 Å². The number of hydrazine groups is 1. The molecule has 1 aromatic rings. The third kappa shape index (κ3) is 3.78. The molecule has 0 aromatic carbocycles. The normalized spacial score (nSPS) is 19.1. The molecule has 8 heteroatoms. The largest absolute Gasteiger partial charge is 0.351 e. The van der Waals surface area contributed by atoms with Crippen LogP contribution < -0.4 is 16.2 Å². The van der Waals surface area contributed by atoms with Gasteiger partial charge < -0.3 is 4.90 Å². The molecule has 0 amide bonds. The molecule has 21 heavy (non-hydrogen) atoms. The van der Waals surface area contributed by atoms with Crippen LogP contribution in [0.15, 0.2) is 6.20 Å². The van der Waals surface area contributed by atoms with Gasteiger partial charge in [0, 0.05) is 13.1 Å². The minimum atomic E-state index is -0.440. The Balaban J connectivity index is 2.21. The molecule has 0 radical (unpaired) electrons. The molecule has 1 fully saturated rings. The van der Waals surface area contributed by atoms with Crippen molar-refractivity contribution in [3.05, 3.63) is 16.3 Å². The molecular weight excluding hydrogens is 272 g/mol. The van der Waals surface area contributed by atoms with Gasteiger partial charge in [0.1, 0.15) is 6.20 Å². The fourth-order valence-electron chi connectivity index (χ4n) is 2.87. The number of nitrogen functional groups attached to an aromatic ring is 1. The molecule has 1 saturated heterocycles. The van der Waals surface area contributed by atoms with Crippen LogP contribution in [0.3, 0.4) is 0 Å². The second-order valence-corrected chi connectivity index (χ2v) is 5.38. The quantitative estimate of drug-likeness (QED) is 0.486. The van der Waals surface area contributed by atoms with Crippen LogP contribution in [0.2, 0.25) is 0 Å². The molecule has 0 spiro atoms. The molecule has 2 rings (SSSR count). The summed E-state index contributed by atoms with van der Waals surface area (Å²) in [5.74, 6) is 6.57. The van der Waals surface area contributed by atoms with Crippen molar-refractivity contribution in [1.29, 1.82) is 0 Å². The first-order valence-electron chi connectivity index (χ1n) is 7.38. The molecule has 1 aliphatic rings. The van der Waals surface area contributed by atoms with Crippen LogP contribution in [0.1, 0.15) is 39.0 Å². The Morgan fingerprint density at radius 2 is 2.33 bits per heavy atom. The molecular formula is C13H22N6O2. The Hall–Kier alpha value is -1.96. The lowest BCUT2D eigenvalue weighted by Crippen LogP contribution is -2.27. The molecule has 1 aromatic heterocycles. The number of nitrogens with one attached hydrogen (secondary N) is 1. The molecule has 0 bridgehead atoms. The van der Waals surface area contributed by atoms with Crippen LogP contribution in [0.4, 0.5) is 17.5 Å². The molecule has 0 aliphatic carbocycles. The third-order valence-corrected chi connectivity index (χ3v) is 3.92. The van der Waals surface area contributed by atoms with E-state index in [0.717, 1.165) is 25.9 Å². The Bertz CT molecular complexity index is 496. The monoisotopic (exact) mass is 294 g/mol. The first-order chi connectivity index (χ1) is 10.2. The maximum atomic E-state index is 11.2. The zero-order valence-electron chi connectivity index (χ0n) is 12.3. The van der Waals surface area contributed by atoms with Crippen molar-refractivity contribution in [1.82, 2.24) is 9.97 Å². The molecule has 2 heterocycles. The van der Waals surface area contributed by atoms with Crippen LogP contribution in [-0.2, 0) is 0 Å². The molecule has 1 atom stereocenters. The first-order valence-corrected chi connectivity index (χ1v) is 7.38. The highest BCUT2D eigenvalue weighted by Gasteiger charge is 2.25. The van der Waals surface area contributed by atoms with Crippen LogP contribution in [-0.4, -0.2) is 28.0 Å². The van der Waals surface area contributed by atoms with Gasteiger partial charge in [0.2, 0.25) is 11.8 Å². The predicted molar refractivity (Wildman–Crippen MR) is 81.0 cm³/mol. The summed E-state index contributed by atoms with van der Waals surface area (Å²) in [6, 6.07) is 0. The van der Waals surface area contributed by atoms with Gasteiger partial charge in [0.05, 0.1) is 4.92 Å². The smallest absolute Gasteiger partial charge is 0.329 e. The maximum absolute atomic E-state index is 11.2. The van der Waals surface area contributed by atoms with Crippen LogP contribution in [0, 0.1) is 16.0 Å². The van der Waals surface area contributed by atoms with Crippen LogP contribution >= 0.6 is 0 Å². The Labute approximate surface area is 123 Å². The SMILES string of the molecule is CCCC1CCCN(c2nc(NN)ncc2[N+](=O)[O-])CC1. The van der Waals surface area contributed by atoms with Gasteiger partial charge in [-0.1, -0.05) is 19.8 Å². The number of nitrogens with two attached hydrogens (primary N) is 1. The van der Waals surface area contributed by atoms with E-state index in [4.69, 9.17) is 5.84 Å². The predicted octanol–water partition coefficient (Wildman–Crippen LogP) is 2.08. The van der Waals surface area contributed by atoms with E-state index in [1.54, 1.807) is 0 Å². The van der Waals surface area contributed by atoms with Crippen LogP contribution in [0.25, 0.3) is 0 Å². The number of hydrogen-bond acceptors (Lipinski definition) is 7. The summed E-state index contributed by atoms with van der Waals surface area (Å²) in [7, 11) is 0. The van der Waals surface area contributed by atoms with Gasteiger partial charge in [-0.2, -0.15) is 4.98 Å². The summed E-state index contributed by atoms with van der Waals surface area (Å²) in [6.07, 6.45) is 6.85. The third-order valence-electron chi connectivity index (χ3n) is 3.92. The van der Waals surface area contributed by atoms with E-state index in [1.807, 2.05) is 4.90 Å². The van der Waals surface area contributed by atoms with Crippen molar-refractivity contribution >= 4 is 17.5 Å². The zero-order chi connectivity index (χ0) is 15.2. The second kappa shape index (κ2) is 7.16. The summed E-state index contributed by atoms with van der Waals surface area (Å²) in [6.45, 7) is 3.76. The van der Waals surface area contributed by atoms with Gasteiger partial charge in [-0.05, 0) is 25.2 Å². The van der Waals surface area contributed by atoms with Gasteiger partial charge >= 0.3 is 5.69 Å². The van der Waals surface area contributed by atoms with Gasteiger partial charge in [0.25, 0.3) is 0 Å². The fourth-order valence-corrected chi connectivity index (χ4v) is 2.87. The number of rotatable bonds is 5. The lowest BCUT2D eigenvalue weighted by atomic mass is 9.96. The summed E-state index contributed by atoms with van der Waals surface area (Å²) in [4.78, 5) is 20.7. The molecule has 0 saturated carbocycles. The lowest BCUT2D eigenvalue weighted by molar-refractivity contribution is -0.384. The number of aromatic nitrogens is 2. The topological polar surface area (TPSA) is 110 Å². The summed E-state index contributed by atoms with van der Waals surface area (Å²) in [5.41, 5.74) is 2.28. The highest BCUT2D eigenvalue weighted by molar-refractivity contribution is 5.58. The molecule has 3 N–H and O–H groups in total. The summed E-state index contributed by atoms with van der Waals surface area (Å²) < 4.78 is 0. The summed E-state index contributed by atoms with van der Waals surface area (Å²) >= 11 is 0. The van der Waals surface area contributed by atoms with Crippen molar-refractivity contribution in [2.45, 2.75) is 39.0 Å². The highest BCUT2D eigenvalue weighted by atomic mass is 16.6. The maximum Gasteiger partial charge on any atom is 0.329 e. The van der Waals surface area contributed by atoms with E-state index in [2.05, 4.69) is 22.3 Å². The lowest BCUT2D eigenvalue weighted by Gasteiger charge is -2.21. The van der Waals surface area contributed by atoms with Crippen molar-refractivity contribution in [2.24, 2.45) is 11.8 Å². The van der Waals surface area contributed by atoms with Gasteiger partial charge in [-0.25, -0.2) is 10.8 Å². The summed E-state index contributed by atoms with van der Waals surface area (Å²) in [5, 5.41) is 11.2. The van der Waals surface area contributed by atoms with Crippen molar-refractivity contribution in [3.63, 3.8) is 0 Å². The fraction of sp³-hybridized carbons (Fsp3) is 0.692. The minimum Gasteiger partial charge on any atom is -0.351 e. The van der Waals surface area contributed by atoms with Gasteiger partial charge in [0.15, 0.2) is 0 Å². The standard InChI is InChI=1S/C13H22N6O2/c1-2-4-10-5-3-7-18(8-6-10)12-11(19(20)21)9-15-13(16-12)17-14/h9-10H,2-8,14H2,1H3,(H,15,16,17). The molecule has 8 nitrogen and oxygen atoms in total. The Morgan fingerprint density at radius 1 is 1.52 bits per heavy atom. The average Bonchev–Trinajstić information content (AvgIpc) is 2.72. The average molecular weight is 294 g/mol. The van der Waals surface area contributed by atoms with Crippen molar-refractivity contribution in [3.8, 4) is 0 Å². The van der Waals surface area contributed by atoms with Gasteiger partial charge in [-0.15, -0.1) is 0 Å². The van der Waals surface area contributed by atoms with Crippen molar-refractivity contribution < 1.29 is 4.92 Å². The number of nitrogens with zero attached hydrogens (tertiary/aromatic N) is 4. The molecule has 1 aliphatic heterocycles. The van der Waals surface area contributed by atoms with E-state index in [0.29, 0.717) is 11.7 Å². The minimum absolute atomic E-state index is 0.0667. The van der Waals surface area contributed by atoms with E-state index >= 15 is 0 Å². The highest BCUT2D eigenvalue weighted by Crippen LogP contribution is 2.30. The number of anilines is 2. The molecule has 116 valence electrons.